The van der Waals surface area contributed by atoms with Gasteiger partial charge in [-0.05, 0) is 32.1 Å². The molecule has 2 rings (SSSR count). The first kappa shape index (κ1) is 28.8. The number of rotatable bonds is 10. The van der Waals surface area contributed by atoms with Crippen LogP contribution in [0.25, 0.3) is 0 Å². The molecule has 3 atom stereocenters. The van der Waals surface area contributed by atoms with Crippen molar-refractivity contribution in [1.29, 1.82) is 0 Å². The minimum Gasteiger partial charge on any atom is -0.353 e. The minimum atomic E-state index is -6.49. The summed E-state index contributed by atoms with van der Waals surface area (Å²) in [5.74, 6) is -12.3. The summed E-state index contributed by atoms with van der Waals surface area (Å²) in [5, 5.41) is -0.491. The number of alkyl halides is 4. The van der Waals surface area contributed by atoms with Crippen molar-refractivity contribution in [3.8, 4) is 0 Å². The lowest BCUT2D eigenvalue weighted by molar-refractivity contribution is -0.207. The summed E-state index contributed by atoms with van der Waals surface area (Å²) in [4.78, 5) is 25.4. The van der Waals surface area contributed by atoms with Gasteiger partial charge < -0.3 is 10.6 Å². The van der Waals surface area contributed by atoms with Gasteiger partial charge in [-0.25, -0.2) is 0 Å². The predicted octanol–water partition coefficient (Wildman–Crippen LogP) is 4.28. The number of carbonyl (C=O) groups is 2. The number of nitrogens with one attached hydrogen (secondary N) is 2. The number of hydrogen-bond donors (Lipinski definition) is 3. The van der Waals surface area contributed by atoms with Crippen LogP contribution < -0.4 is 10.6 Å². The standard InChI is InChI=1S/C22H36F4N2O5S/c1-14(19(29)27-16-9-5-3-6-10-16)13-18(21(23,24)22(25,26)34(31,32)33)15(2)20(30)28-17-11-7-4-8-12-17/h14-18H,3-13H2,1-2H3,(H,27,29)(H,28,30)(H,31,32,33). The topological polar surface area (TPSA) is 113 Å². The van der Waals surface area contributed by atoms with Crippen LogP contribution in [-0.4, -0.2) is 48.0 Å². The summed E-state index contributed by atoms with van der Waals surface area (Å²) >= 11 is 0. The van der Waals surface area contributed by atoms with Crippen molar-refractivity contribution in [1.82, 2.24) is 10.6 Å². The monoisotopic (exact) mass is 516 g/mol. The van der Waals surface area contributed by atoms with Gasteiger partial charge in [0.05, 0.1) is 0 Å². The Morgan fingerprint density at radius 2 is 1.26 bits per heavy atom. The lowest BCUT2D eigenvalue weighted by Crippen LogP contribution is -2.56. The third-order valence-electron chi connectivity index (χ3n) is 7.15. The van der Waals surface area contributed by atoms with Gasteiger partial charge in [0.1, 0.15) is 0 Å². The zero-order valence-electron chi connectivity index (χ0n) is 19.7. The number of carbonyl (C=O) groups excluding carboxylic acids is 2. The molecule has 7 nitrogen and oxygen atoms in total. The molecule has 198 valence electrons. The highest BCUT2D eigenvalue weighted by molar-refractivity contribution is 7.87. The van der Waals surface area contributed by atoms with Gasteiger partial charge in [-0.15, -0.1) is 0 Å². The Bertz CT molecular complexity index is 812. The summed E-state index contributed by atoms with van der Waals surface area (Å²) in [5.41, 5.74) is 0. The van der Waals surface area contributed by atoms with E-state index in [4.69, 9.17) is 4.55 Å². The van der Waals surface area contributed by atoms with Crippen LogP contribution in [0, 0.1) is 17.8 Å². The molecule has 2 fully saturated rings. The lowest BCUT2D eigenvalue weighted by Gasteiger charge is -2.36. The lowest BCUT2D eigenvalue weighted by atomic mass is 9.80. The average Bonchev–Trinajstić information content (AvgIpc) is 2.77. The van der Waals surface area contributed by atoms with E-state index in [1.54, 1.807) is 0 Å². The Morgan fingerprint density at radius 1 is 0.853 bits per heavy atom. The van der Waals surface area contributed by atoms with E-state index in [1.165, 1.54) is 6.92 Å². The molecule has 0 radical (unpaired) electrons. The average molecular weight is 517 g/mol. The fourth-order valence-corrected chi connectivity index (χ4v) is 5.39. The fraction of sp³-hybridized carbons (Fsp3) is 0.909. The Labute approximate surface area is 198 Å². The number of halogens is 4. The molecule has 3 N–H and O–H groups in total. The Hall–Kier alpha value is -1.43. The summed E-state index contributed by atoms with van der Waals surface area (Å²) < 4.78 is 89.7. The summed E-state index contributed by atoms with van der Waals surface area (Å²) in [7, 11) is -6.49. The molecular weight excluding hydrogens is 480 g/mol. The first-order chi connectivity index (χ1) is 15.7. The molecule has 0 aromatic rings. The Morgan fingerprint density at radius 3 is 1.68 bits per heavy atom. The molecule has 12 heteroatoms. The largest absolute Gasteiger partial charge is 0.431 e. The van der Waals surface area contributed by atoms with E-state index in [0.717, 1.165) is 58.3 Å². The molecule has 0 aromatic heterocycles. The molecule has 2 aliphatic rings. The third kappa shape index (κ3) is 6.83. The van der Waals surface area contributed by atoms with Crippen molar-refractivity contribution in [2.24, 2.45) is 17.8 Å². The van der Waals surface area contributed by atoms with Crippen LogP contribution in [0.1, 0.15) is 84.5 Å². The van der Waals surface area contributed by atoms with E-state index in [2.05, 4.69) is 10.6 Å². The van der Waals surface area contributed by atoms with Crippen molar-refractivity contribution in [2.75, 3.05) is 0 Å². The highest BCUT2D eigenvalue weighted by Crippen LogP contribution is 2.48. The van der Waals surface area contributed by atoms with Crippen LogP contribution in [0.3, 0.4) is 0 Å². The van der Waals surface area contributed by atoms with Crippen molar-refractivity contribution < 1.29 is 40.1 Å². The van der Waals surface area contributed by atoms with Crippen molar-refractivity contribution in [2.45, 2.75) is 108 Å². The quantitative estimate of drug-likeness (QED) is 0.296. The van der Waals surface area contributed by atoms with Gasteiger partial charge >= 0.3 is 21.3 Å². The molecule has 0 saturated heterocycles. The van der Waals surface area contributed by atoms with E-state index in [-0.39, 0.29) is 12.1 Å². The van der Waals surface area contributed by atoms with Gasteiger partial charge in [0.15, 0.2) is 0 Å². The zero-order valence-corrected chi connectivity index (χ0v) is 20.5. The minimum absolute atomic E-state index is 0.144. The smallest absolute Gasteiger partial charge is 0.353 e. The van der Waals surface area contributed by atoms with Crippen LogP contribution in [0.15, 0.2) is 0 Å². The second kappa shape index (κ2) is 11.5. The van der Waals surface area contributed by atoms with E-state index in [9.17, 15) is 26.8 Å². The first-order valence-electron chi connectivity index (χ1n) is 12.0. The molecule has 0 spiro atoms. The highest BCUT2D eigenvalue weighted by Gasteiger charge is 2.70. The van der Waals surface area contributed by atoms with Crippen LogP contribution in [0.5, 0.6) is 0 Å². The van der Waals surface area contributed by atoms with Gasteiger partial charge in [0.25, 0.3) is 0 Å². The zero-order chi connectivity index (χ0) is 25.7. The second-order valence-corrected chi connectivity index (χ2v) is 11.3. The molecule has 0 bridgehead atoms. The van der Waals surface area contributed by atoms with Gasteiger partial charge in [-0.3, -0.25) is 14.1 Å². The van der Waals surface area contributed by atoms with Crippen LogP contribution in [0.2, 0.25) is 0 Å². The SMILES string of the molecule is CC(CC(C(C)C(=O)NC1CCCCC1)C(F)(F)C(F)(F)S(=O)(=O)O)C(=O)NC1CCCCC1. The molecule has 2 aliphatic carbocycles. The Balaban J connectivity index is 2.24. The normalized spacial score (nSPS) is 22.0. The molecule has 0 aromatic carbocycles. The second-order valence-electron chi connectivity index (χ2n) is 9.83. The van der Waals surface area contributed by atoms with Gasteiger partial charge in [0.2, 0.25) is 11.8 Å². The molecular formula is C22H36F4N2O5S. The molecule has 2 amide bonds. The number of hydrogen-bond acceptors (Lipinski definition) is 4. The number of amides is 2. The Kier molecular flexibility index (Phi) is 9.77. The van der Waals surface area contributed by atoms with Crippen LogP contribution in [0.4, 0.5) is 17.6 Å². The summed E-state index contributed by atoms with van der Waals surface area (Å²) in [6.07, 6.45) is 7.29. The molecule has 3 unspecified atom stereocenters. The highest BCUT2D eigenvalue weighted by atomic mass is 32.2. The van der Waals surface area contributed by atoms with Gasteiger partial charge in [-0.1, -0.05) is 52.4 Å². The van der Waals surface area contributed by atoms with E-state index in [1.807, 2.05) is 0 Å². The predicted molar refractivity (Wildman–Crippen MR) is 118 cm³/mol. The van der Waals surface area contributed by atoms with Crippen LogP contribution >= 0.6 is 0 Å². The fourth-order valence-electron chi connectivity index (χ4n) is 4.89. The van der Waals surface area contributed by atoms with Crippen molar-refractivity contribution in [3.63, 3.8) is 0 Å². The molecule has 0 heterocycles. The van der Waals surface area contributed by atoms with E-state index >= 15 is 8.78 Å². The molecule has 34 heavy (non-hydrogen) atoms. The first-order valence-corrected chi connectivity index (χ1v) is 13.5. The van der Waals surface area contributed by atoms with Crippen LogP contribution in [-0.2, 0) is 19.7 Å². The van der Waals surface area contributed by atoms with E-state index < -0.39 is 57.3 Å². The summed E-state index contributed by atoms with van der Waals surface area (Å²) in [6, 6.07) is -0.430. The summed E-state index contributed by atoms with van der Waals surface area (Å²) in [6.45, 7) is 2.29. The maximum Gasteiger partial charge on any atom is 0.431 e. The van der Waals surface area contributed by atoms with Crippen molar-refractivity contribution >= 4 is 21.9 Å². The van der Waals surface area contributed by atoms with Crippen molar-refractivity contribution in [3.05, 3.63) is 0 Å². The van der Waals surface area contributed by atoms with E-state index in [0.29, 0.717) is 12.8 Å². The molecule has 2 saturated carbocycles. The maximum atomic E-state index is 15.0. The molecule has 0 aliphatic heterocycles. The van der Waals surface area contributed by atoms with Gasteiger partial charge in [0, 0.05) is 29.8 Å². The third-order valence-corrected chi connectivity index (χ3v) is 8.07. The van der Waals surface area contributed by atoms with Gasteiger partial charge in [-0.2, -0.15) is 26.0 Å². The maximum absolute atomic E-state index is 15.0.